The molecule has 2 aromatic rings. The Hall–Kier alpha value is -5.21. The van der Waals surface area contributed by atoms with Gasteiger partial charge < -0.3 is 40.4 Å². The molecule has 2 aliphatic heterocycles. The van der Waals surface area contributed by atoms with Crippen LogP contribution in [0, 0.1) is 0 Å². The number of hydrogen-bond donors (Lipinski definition) is 5. The van der Waals surface area contributed by atoms with Crippen LogP contribution in [0.15, 0.2) is 48.5 Å². The Kier molecular flexibility index (Phi) is 28.6. The van der Waals surface area contributed by atoms with Gasteiger partial charge in [-0.15, -0.1) is 0 Å². The number of nitrogens with one attached hydrogen (secondary N) is 1. The fraction of sp³-hybridized carbons (Fsp3) is 0.595. The molecular formula is C42H57F12N5O9. The number of likely N-dealkylation sites (N-methyl/N-ethyl adjacent to an activating group) is 1. The predicted molar refractivity (Wildman–Crippen MR) is 222 cm³/mol. The van der Waals surface area contributed by atoms with Gasteiger partial charge in [0, 0.05) is 78.4 Å². The molecule has 0 bridgehead atoms. The van der Waals surface area contributed by atoms with E-state index in [1.165, 1.54) is 41.5 Å². The molecule has 0 aromatic heterocycles. The molecular weight excluding hydrogens is 946 g/mol. The molecule has 388 valence electrons. The van der Waals surface area contributed by atoms with E-state index in [4.69, 9.17) is 39.6 Å². The fourth-order valence-corrected chi connectivity index (χ4v) is 5.93. The number of aliphatic carboxylic acids is 4. The first-order chi connectivity index (χ1) is 31.4. The molecule has 1 amide bonds. The van der Waals surface area contributed by atoms with Gasteiger partial charge in [-0.3, -0.25) is 9.69 Å². The summed E-state index contributed by atoms with van der Waals surface area (Å²) in [6, 6.07) is 17.9. The molecule has 0 radical (unpaired) electrons. The first kappa shape index (κ1) is 62.8. The van der Waals surface area contributed by atoms with Crippen LogP contribution in [0.3, 0.4) is 0 Å². The molecule has 0 aliphatic carbocycles. The van der Waals surface area contributed by atoms with Crippen molar-refractivity contribution >= 4 is 29.8 Å². The zero-order chi connectivity index (χ0) is 52.3. The standard InChI is InChI=1S/C34H53N5O.4C2HF3O2/c1-3-4-5-6-7-15-34(40)39(19-10-18-37-24-22-36(2)23-25-37)29-31-12-9-14-33(27-31)32-13-8-11-30(26-32)28-38-20-16-35-17-21-38;4*3-2(4,5)1(6)7/h8-9,11-14,26-27,35H,3-7,10,15-25,28-29H2,1-2H3;4*(H,6,7). The van der Waals surface area contributed by atoms with E-state index < -0.39 is 48.6 Å². The highest BCUT2D eigenvalue weighted by Crippen LogP contribution is 2.24. The fourth-order valence-electron chi connectivity index (χ4n) is 5.93. The van der Waals surface area contributed by atoms with Crippen molar-refractivity contribution in [1.82, 2.24) is 24.9 Å². The Morgan fingerprint density at radius 3 is 1.41 bits per heavy atom. The minimum absolute atomic E-state index is 0.318. The summed E-state index contributed by atoms with van der Waals surface area (Å²) in [6.07, 6.45) is -12.7. The summed E-state index contributed by atoms with van der Waals surface area (Å²) >= 11 is 0. The molecule has 0 unspecified atom stereocenters. The predicted octanol–water partition coefficient (Wildman–Crippen LogP) is 7.62. The summed E-state index contributed by atoms with van der Waals surface area (Å²) in [5.41, 5.74) is 5.10. The van der Waals surface area contributed by atoms with Gasteiger partial charge in [0.05, 0.1) is 0 Å². The van der Waals surface area contributed by atoms with Crippen LogP contribution in [-0.4, -0.2) is 167 Å². The van der Waals surface area contributed by atoms with Crippen LogP contribution in [-0.2, 0) is 37.1 Å². The minimum Gasteiger partial charge on any atom is -0.475 e. The summed E-state index contributed by atoms with van der Waals surface area (Å²) < 4.78 is 127. The van der Waals surface area contributed by atoms with E-state index in [9.17, 15) is 57.5 Å². The first-order valence-corrected chi connectivity index (χ1v) is 20.9. The van der Waals surface area contributed by atoms with Crippen LogP contribution >= 0.6 is 0 Å². The lowest BCUT2D eigenvalue weighted by Gasteiger charge is -2.33. The quantitative estimate of drug-likeness (QED) is 0.0866. The molecule has 2 saturated heterocycles. The van der Waals surface area contributed by atoms with E-state index in [1.54, 1.807) is 0 Å². The monoisotopic (exact) mass is 1000 g/mol. The number of carbonyl (C=O) groups excluding carboxylic acids is 1. The van der Waals surface area contributed by atoms with Crippen molar-refractivity contribution in [1.29, 1.82) is 0 Å². The lowest BCUT2D eigenvalue weighted by atomic mass is 10.0. The number of piperazine rings is 2. The van der Waals surface area contributed by atoms with Crippen LogP contribution in [0.2, 0.25) is 0 Å². The maximum absolute atomic E-state index is 13.4. The van der Waals surface area contributed by atoms with E-state index in [0.29, 0.717) is 18.9 Å². The van der Waals surface area contributed by atoms with Gasteiger partial charge >= 0.3 is 48.6 Å². The molecule has 2 heterocycles. The van der Waals surface area contributed by atoms with Gasteiger partial charge in [-0.1, -0.05) is 69.0 Å². The molecule has 26 heteroatoms. The number of unbranched alkanes of at least 4 members (excludes halogenated alkanes) is 4. The number of carboxylic acid groups (broad SMARTS) is 4. The number of nitrogens with zero attached hydrogens (tertiary/aromatic N) is 4. The van der Waals surface area contributed by atoms with Crippen molar-refractivity contribution in [2.45, 2.75) is 89.7 Å². The van der Waals surface area contributed by atoms with Crippen LogP contribution in [0.1, 0.15) is 63.0 Å². The highest BCUT2D eigenvalue weighted by Gasteiger charge is 2.40. The van der Waals surface area contributed by atoms with E-state index in [-0.39, 0.29) is 0 Å². The third-order valence-electron chi connectivity index (χ3n) is 9.49. The third kappa shape index (κ3) is 29.5. The van der Waals surface area contributed by atoms with Gasteiger partial charge in [0.15, 0.2) is 0 Å². The lowest BCUT2D eigenvalue weighted by Crippen LogP contribution is -2.45. The Bertz CT molecular complexity index is 1720. The number of halogens is 12. The Morgan fingerprint density at radius 2 is 0.985 bits per heavy atom. The summed E-state index contributed by atoms with van der Waals surface area (Å²) in [5.74, 6) is -10.7. The maximum Gasteiger partial charge on any atom is 0.490 e. The van der Waals surface area contributed by atoms with E-state index in [2.05, 4.69) is 87.4 Å². The maximum atomic E-state index is 13.4. The van der Waals surface area contributed by atoms with Gasteiger partial charge in [0.2, 0.25) is 5.91 Å². The number of alkyl halides is 12. The van der Waals surface area contributed by atoms with E-state index in [0.717, 1.165) is 91.3 Å². The molecule has 4 rings (SSSR count). The molecule has 2 aliphatic rings. The minimum atomic E-state index is -5.08. The second kappa shape index (κ2) is 31.0. The SMILES string of the molecule is CCCCCCCC(=O)N(CCCN1CCN(C)CC1)Cc1cccc(-c2cccc(CN3CCNCC3)c2)c1.O=C(O)C(F)(F)F.O=C(O)C(F)(F)F.O=C(O)C(F)(F)F.O=C(O)C(F)(F)F. The normalized spacial score (nSPS) is 14.8. The largest absolute Gasteiger partial charge is 0.490 e. The van der Waals surface area contributed by atoms with Crippen molar-refractivity contribution in [3.63, 3.8) is 0 Å². The molecule has 5 N–H and O–H groups in total. The second-order valence-corrected chi connectivity index (χ2v) is 15.1. The van der Waals surface area contributed by atoms with Crippen molar-refractivity contribution < 1.29 is 97.1 Å². The average molecular weight is 1000 g/mol. The summed E-state index contributed by atoms with van der Waals surface area (Å²) in [4.78, 5) is 58.6. The summed E-state index contributed by atoms with van der Waals surface area (Å²) in [7, 11) is 2.20. The smallest absolute Gasteiger partial charge is 0.475 e. The van der Waals surface area contributed by atoms with Gasteiger partial charge in [0.25, 0.3) is 0 Å². The molecule has 0 saturated carbocycles. The Labute approximate surface area is 384 Å². The van der Waals surface area contributed by atoms with Crippen molar-refractivity contribution in [2.75, 3.05) is 72.5 Å². The highest BCUT2D eigenvalue weighted by molar-refractivity contribution is 5.76. The van der Waals surface area contributed by atoms with Crippen LogP contribution < -0.4 is 5.32 Å². The Morgan fingerprint density at radius 1 is 0.574 bits per heavy atom. The second-order valence-electron chi connectivity index (χ2n) is 15.1. The van der Waals surface area contributed by atoms with Crippen LogP contribution in [0.4, 0.5) is 52.7 Å². The van der Waals surface area contributed by atoms with Crippen molar-refractivity contribution in [3.05, 3.63) is 59.7 Å². The third-order valence-corrected chi connectivity index (χ3v) is 9.49. The van der Waals surface area contributed by atoms with Gasteiger partial charge in [-0.2, -0.15) is 52.7 Å². The number of rotatable bonds is 15. The van der Waals surface area contributed by atoms with Crippen molar-refractivity contribution in [2.24, 2.45) is 0 Å². The zero-order valence-corrected chi connectivity index (χ0v) is 37.2. The number of hydrogen-bond acceptors (Lipinski definition) is 9. The van der Waals surface area contributed by atoms with Crippen LogP contribution in [0.25, 0.3) is 11.1 Å². The highest BCUT2D eigenvalue weighted by atomic mass is 19.4. The topological polar surface area (TPSA) is 191 Å². The van der Waals surface area contributed by atoms with Gasteiger partial charge in [-0.05, 0) is 60.8 Å². The molecule has 2 fully saturated rings. The number of amides is 1. The molecule has 14 nitrogen and oxygen atoms in total. The van der Waals surface area contributed by atoms with Crippen LogP contribution in [0.5, 0.6) is 0 Å². The number of carboxylic acids is 4. The van der Waals surface area contributed by atoms with E-state index >= 15 is 0 Å². The molecule has 68 heavy (non-hydrogen) atoms. The summed E-state index contributed by atoms with van der Waals surface area (Å²) in [6.45, 7) is 14.8. The van der Waals surface area contributed by atoms with E-state index in [1.807, 2.05) is 0 Å². The zero-order valence-electron chi connectivity index (χ0n) is 37.2. The van der Waals surface area contributed by atoms with Gasteiger partial charge in [-0.25, -0.2) is 19.2 Å². The molecule has 0 spiro atoms. The van der Waals surface area contributed by atoms with Gasteiger partial charge in [0.1, 0.15) is 0 Å². The number of benzene rings is 2. The molecule has 0 atom stereocenters. The lowest BCUT2D eigenvalue weighted by molar-refractivity contribution is -0.193. The molecule has 2 aromatic carbocycles. The first-order valence-electron chi connectivity index (χ1n) is 20.9. The average Bonchev–Trinajstić information content (AvgIpc) is 3.24. The Balaban J connectivity index is 0.00000129. The summed E-state index contributed by atoms with van der Waals surface area (Å²) in [5, 5.41) is 31.9. The number of carbonyl (C=O) groups is 5. The van der Waals surface area contributed by atoms with Crippen molar-refractivity contribution in [3.8, 4) is 11.1 Å².